The zero-order chi connectivity index (χ0) is 18.8. The number of hydrogen-bond donors (Lipinski definition) is 1. The summed E-state index contributed by atoms with van der Waals surface area (Å²) in [7, 11) is 0. The number of aryl methyl sites for hydroxylation is 1. The highest BCUT2D eigenvalue weighted by Crippen LogP contribution is 2.27. The van der Waals surface area contributed by atoms with Crippen molar-refractivity contribution in [2.75, 3.05) is 31.7 Å². The summed E-state index contributed by atoms with van der Waals surface area (Å²) in [5.41, 5.74) is 1.81. The molecule has 0 aliphatic heterocycles. The lowest BCUT2D eigenvalue weighted by Crippen LogP contribution is -2.21. The van der Waals surface area contributed by atoms with Gasteiger partial charge in [-0.2, -0.15) is 0 Å². The van der Waals surface area contributed by atoms with Crippen LogP contribution in [0.15, 0.2) is 46.9 Å². The predicted molar refractivity (Wildman–Crippen MR) is 106 cm³/mol. The van der Waals surface area contributed by atoms with Gasteiger partial charge in [0.1, 0.15) is 18.1 Å². The van der Waals surface area contributed by atoms with E-state index < -0.39 is 0 Å². The van der Waals surface area contributed by atoms with E-state index in [-0.39, 0.29) is 12.5 Å². The maximum absolute atomic E-state index is 12.2. The molecule has 2 aromatic carbocycles. The van der Waals surface area contributed by atoms with Crippen LogP contribution in [0.25, 0.3) is 0 Å². The minimum absolute atomic E-state index is 0.0860. The van der Waals surface area contributed by atoms with Crippen LogP contribution in [0, 0.1) is 0 Å². The van der Waals surface area contributed by atoms with Gasteiger partial charge in [0.15, 0.2) is 6.61 Å². The molecule has 2 rings (SSSR count). The van der Waals surface area contributed by atoms with Crippen molar-refractivity contribution >= 4 is 27.5 Å². The van der Waals surface area contributed by atoms with Crippen molar-refractivity contribution in [3.05, 3.63) is 52.5 Å². The Balaban J connectivity index is 1.89. The maximum Gasteiger partial charge on any atom is 0.262 e. The number of carbonyl (C=O) groups excluding carboxylic acids is 1. The number of amides is 1. The van der Waals surface area contributed by atoms with Gasteiger partial charge in [0, 0.05) is 6.61 Å². The largest absolute Gasteiger partial charge is 0.489 e. The molecule has 0 aliphatic carbocycles. The van der Waals surface area contributed by atoms with Crippen LogP contribution in [0.2, 0.25) is 0 Å². The van der Waals surface area contributed by atoms with Gasteiger partial charge in [0.25, 0.3) is 5.91 Å². The van der Waals surface area contributed by atoms with Gasteiger partial charge >= 0.3 is 0 Å². The summed E-state index contributed by atoms with van der Waals surface area (Å²) in [4.78, 5) is 12.2. The van der Waals surface area contributed by atoms with E-state index in [0.29, 0.717) is 37.0 Å². The van der Waals surface area contributed by atoms with Crippen molar-refractivity contribution in [2.24, 2.45) is 0 Å². The number of para-hydroxylation sites is 2. The van der Waals surface area contributed by atoms with E-state index in [1.54, 1.807) is 6.07 Å². The van der Waals surface area contributed by atoms with E-state index in [1.165, 1.54) is 5.56 Å². The van der Waals surface area contributed by atoms with Crippen LogP contribution in [0.5, 0.6) is 11.5 Å². The number of anilines is 1. The Morgan fingerprint density at radius 1 is 1.04 bits per heavy atom. The molecule has 5 nitrogen and oxygen atoms in total. The molecule has 0 aliphatic rings. The van der Waals surface area contributed by atoms with Crippen LogP contribution in [0.4, 0.5) is 5.69 Å². The molecule has 140 valence electrons. The number of benzene rings is 2. The first kappa shape index (κ1) is 20.3. The Bertz CT molecular complexity index is 721. The molecule has 0 unspecified atom stereocenters. The van der Waals surface area contributed by atoms with Crippen molar-refractivity contribution in [1.82, 2.24) is 0 Å². The maximum atomic E-state index is 12.2. The highest BCUT2D eigenvalue weighted by Gasteiger charge is 2.10. The zero-order valence-electron chi connectivity index (χ0n) is 15.1. The number of halogens is 1. The highest BCUT2D eigenvalue weighted by atomic mass is 79.9. The Kier molecular flexibility index (Phi) is 8.44. The fourth-order valence-electron chi connectivity index (χ4n) is 2.26. The van der Waals surface area contributed by atoms with E-state index in [4.69, 9.17) is 14.2 Å². The van der Waals surface area contributed by atoms with Gasteiger partial charge < -0.3 is 19.5 Å². The minimum Gasteiger partial charge on any atom is -0.489 e. The van der Waals surface area contributed by atoms with E-state index in [9.17, 15) is 4.79 Å². The van der Waals surface area contributed by atoms with Crippen LogP contribution >= 0.6 is 15.9 Å². The van der Waals surface area contributed by atoms with E-state index in [1.807, 2.05) is 43.3 Å². The first-order chi connectivity index (χ1) is 12.6. The summed E-state index contributed by atoms with van der Waals surface area (Å²) in [5.74, 6) is 0.991. The topological polar surface area (TPSA) is 56.8 Å². The summed E-state index contributed by atoms with van der Waals surface area (Å²) < 4.78 is 17.4. The summed E-state index contributed by atoms with van der Waals surface area (Å²) in [6, 6.07) is 13.1. The van der Waals surface area contributed by atoms with Gasteiger partial charge in [-0.1, -0.05) is 25.1 Å². The number of hydrogen-bond acceptors (Lipinski definition) is 4. The molecule has 2 aromatic rings. The average molecular weight is 422 g/mol. The minimum atomic E-state index is -0.252. The molecule has 0 aromatic heterocycles. The SMILES string of the molecule is CCOCCOc1ccccc1NC(=O)COc1ccc(CC)cc1Br. The molecule has 0 atom stereocenters. The number of ether oxygens (including phenoxy) is 3. The molecule has 1 amide bonds. The Hall–Kier alpha value is -2.05. The summed E-state index contributed by atoms with van der Waals surface area (Å²) in [6.45, 7) is 5.51. The standard InChI is InChI=1S/C20H24BrNO4/c1-3-15-9-10-18(16(21)13-15)26-14-20(23)22-17-7-5-6-8-19(17)25-12-11-24-4-2/h5-10,13H,3-4,11-12,14H2,1-2H3,(H,22,23). The van der Waals surface area contributed by atoms with Gasteiger partial charge in [-0.05, 0) is 59.1 Å². The Morgan fingerprint density at radius 3 is 2.58 bits per heavy atom. The lowest BCUT2D eigenvalue weighted by atomic mass is 10.2. The van der Waals surface area contributed by atoms with E-state index in [2.05, 4.69) is 28.2 Å². The van der Waals surface area contributed by atoms with Crippen LogP contribution in [0.3, 0.4) is 0 Å². The number of carbonyl (C=O) groups is 1. The fraction of sp³-hybridized carbons (Fsp3) is 0.350. The average Bonchev–Trinajstić information content (AvgIpc) is 2.65. The predicted octanol–water partition coefficient (Wildman–Crippen LogP) is 4.44. The van der Waals surface area contributed by atoms with E-state index >= 15 is 0 Å². The van der Waals surface area contributed by atoms with Crippen LogP contribution < -0.4 is 14.8 Å². The third kappa shape index (κ3) is 6.35. The molecule has 0 fully saturated rings. The highest BCUT2D eigenvalue weighted by molar-refractivity contribution is 9.10. The summed E-state index contributed by atoms with van der Waals surface area (Å²) >= 11 is 3.47. The van der Waals surface area contributed by atoms with Crippen molar-refractivity contribution < 1.29 is 19.0 Å². The van der Waals surface area contributed by atoms with Gasteiger partial charge in [-0.3, -0.25) is 4.79 Å². The normalized spacial score (nSPS) is 10.4. The second-order valence-corrected chi connectivity index (χ2v) is 6.35. The molecule has 26 heavy (non-hydrogen) atoms. The van der Waals surface area contributed by atoms with Crippen molar-refractivity contribution in [1.29, 1.82) is 0 Å². The van der Waals surface area contributed by atoms with Crippen LogP contribution in [-0.4, -0.2) is 32.3 Å². The first-order valence-corrected chi connectivity index (χ1v) is 9.44. The molecule has 0 saturated heterocycles. The third-order valence-electron chi connectivity index (χ3n) is 3.61. The molecule has 1 N–H and O–H groups in total. The quantitative estimate of drug-likeness (QED) is 0.575. The molecular weight excluding hydrogens is 398 g/mol. The molecule has 0 heterocycles. The third-order valence-corrected chi connectivity index (χ3v) is 4.23. The number of nitrogens with one attached hydrogen (secondary N) is 1. The molecule has 0 bridgehead atoms. The Morgan fingerprint density at radius 2 is 1.85 bits per heavy atom. The van der Waals surface area contributed by atoms with Crippen LogP contribution in [-0.2, 0) is 16.0 Å². The second-order valence-electron chi connectivity index (χ2n) is 5.50. The van der Waals surface area contributed by atoms with Gasteiger partial charge in [0.2, 0.25) is 0 Å². The lowest BCUT2D eigenvalue weighted by molar-refractivity contribution is -0.118. The van der Waals surface area contributed by atoms with E-state index in [0.717, 1.165) is 10.9 Å². The lowest BCUT2D eigenvalue weighted by Gasteiger charge is -2.13. The van der Waals surface area contributed by atoms with Crippen molar-refractivity contribution in [2.45, 2.75) is 20.3 Å². The van der Waals surface area contributed by atoms with Gasteiger partial charge in [-0.25, -0.2) is 0 Å². The van der Waals surface area contributed by atoms with Crippen molar-refractivity contribution in [3.8, 4) is 11.5 Å². The van der Waals surface area contributed by atoms with Crippen LogP contribution in [0.1, 0.15) is 19.4 Å². The first-order valence-electron chi connectivity index (χ1n) is 8.64. The van der Waals surface area contributed by atoms with Gasteiger partial charge in [0.05, 0.1) is 16.8 Å². The molecule has 0 spiro atoms. The summed E-state index contributed by atoms with van der Waals surface area (Å²) in [6.07, 6.45) is 0.944. The Labute approximate surface area is 162 Å². The molecule has 0 radical (unpaired) electrons. The zero-order valence-corrected chi connectivity index (χ0v) is 16.7. The summed E-state index contributed by atoms with van der Waals surface area (Å²) in [5, 5.41) is 2.82. The fourth-order valence-corrected chi connectivity index (χ4v) is 2.80. The number of rotatable bonds is 10. The van der Waals surface area contributed by atoms with Crippen molar-refractivity contribution in [3.63, 3.8) is 0 Å². The second kappa shape index (κ2) is 10.8. The molecule has 0 saturated carbocycles. The molecule has 6 heteroatoms. The van der Waals surface area contributed by atoms with Gasteiger partial charge in [-0.15, -0.1) is 0 Å². The molecular formula is C20H24BrNO4. The smallest absolute Gasteiger partial charge is 0.262 e. The monoisotopic (exact) mass is 421 g/mol.